The minimum atomic E-state index is -0.306. The van der Waals surface area contributed by atoms with Crippen LogP contribution in [-0.4, -0.2) is 50.6 Å². The standard InChI is InChI=1S/C14H29NO4/c1-6-17-10-12(5)19-9-8-13(15-11(3)4)14(16)18-7-2/h11-13,15H,6-10H2,1-5H3. The first kappa shape index (κ1) is 18.4. The summed E-state index contributed by atoms with van der Waals surface area (Å²) in [6.45, 7) is 11.9. The molecule has 0 aliphatic heterocycles. The van der Waals surface area contributed by atoms with Gasteiger partial charge >= 0.3 is 5.97 Å². The normalized spacial score (nSPS) is 14.4. The molecule has 0 aromatic heterocycles. The molecule has 0 bridgehead atoms. The van der Waals surface area contributed by atoms with Crippen LogP contribution >= 0.6 is 0 Å². The predicted molar refractivity (Wildman–Crippen MR) is 75.2 cm³/mol. The van der Waals surface area contributed by atoms with Crippen molar-refractivity contribution in [1.82, 2.24) is 5.32 Å². The van der Waals surface area contributed by atoms with Crippen LogP contribution < -0.4 is 5.32 Å². The maximum Gasteiger partial charge on any atom is 0.323 e. The number of carbonyl (C=O) groups excluding carboxylic acids is 1. The number of ether oxygens (including phenoxy) is 3. The molecular weight excluding hydrogens is 246 g/mol. The molecule has 0 spiro atoms. The zero-order valence-electron chi connectivity index (χ0n) is 12.9. The molecule has 114 valence electrons. The lowest BCUT2D eigenvalue weighted by Gasteiger charge is -2.20. The summed E-state index contributed by atoms with van der Waals surface area (Å²) in [6.07, 6.45) is 0.648. The number of hydrogen-bond acceptors (Lipinski definition) is 5. The summed E-state index contributed by atoms with van der Waals surface area (Å²) in [4.78, 5) is 11.8. The first-order valence-electron chi connectivity index (χ1n) is 7.13. The Hall–Kier alpha value is -0.650. The van der Waals surface area contributed by atoms with E-state index in [0.29, 0.717) is 32.8 Å². The van der Waals surface area contributed by atoms with Crippen molar-refractivity contribution in [3.05, 3.63) is 0 Å². The molecule has 0 heterocycles. The highest BCUT2D eigenvalue weighted by molar-refractivity contribution is 5.75. The lowest BCUT2D eigenvalue weighted by Crippen LogP contribution is -2.42. The fourth-order valence-electron chi connectivity index (χ4n) is 1.63. The van der Waals surface area contributed by atoms with Crippen molar-refractivity contribution in [2.45, 2.75) is 59.2 Å². The molecule has 0 saturated carbocycles. The van der Waals surface area contributed by atoms with Crippen LogP contribution in [0.15, 0.2) is 0 Å². The van der Waals surface area contributed by atoms with E-state index in [1.807, 2.05) is 34.6 Å². The molecule has 19 heavy (non-hydrogen) atoms. The maximum absolute atomic E-state index is 11.8. The van der Waals surface area contributed by atoms with Gasteiger partial charge in [0.15, 0.2) is 0 Å². The van der Waals surface area contributed by atoms with Gasteiger partial charge in [0, 0.05) is 19.3 Å². The zero-order chi connectivity index (χ0) is 14.7. The predicted octanol–water partition coefficient (Wildman–Crippen LogP) is 1.75. The first-order valence-corrected chi connectivity index (χ1v) is 7.13. The number of hydrogen-bond donors (Lipinski definition) is 1. The van der Waals surface area contributed by atoms with Crippen molar-refractivity contribution in [2.75, 3.05) is 26.4 Å². The van der Waals surface area contributed by atoms with Crippen LogP contribution in [0.25, 0.3) is 0 Å². The quantitative estimate of drug-likeness (QED) is 0.582. The summed E-state index contributed by atoms with van der Waals surface area (Å²) in [6, 6.07) is -0.0745. The van der Waals surface area contributed by atoms with Crippen LogP contribution in [0.5, 0.6) is 0 Å². The molecule has 0 aromatic carbocycles. The van der Waals surface area contributed by atoms with Crippen molar-refractivity contribution in [1.29, 1.82) is 0 Å². The van der Waals surface area contributed by atoms with Crippen LogP contribution in [0.1, 0.15) is 41.0 Å². The summed E-state index contributed by atoms with van der Waals surface area (Å²) >= 11 is 0. The van der Waals surface area contributed by atoms with Gasteiger partial charge in [-0.25, -0.2) is 0 Å². The molecular formula is C14H29NO4. The summed E-state index contributed by atoms with van der Waals surface area (Å²) in [7, 11) is 0. The molecule has 0 radical (unpaired) electrons. The van der Waals surface area contributed by atoms with E-state index >= 15 is 0 Å². The number of carbonyl (C=O) groups is 1. The van der Waals surface area contributed by atoms with Gasteiger partial charge in [0.1, 0.15) is 6.04 Å². The van der Waals surface area contributed by atoms with Gasteiger partial charge in [-0.3, -0.25) is 4.79 Å². The molecule has 5 heteroatoms. The molecule has 0 saturated heterocycles. The van der Waals surface area contributed by atoms with E-state index in [1.165, 1.54) is 0 Å². The van der Waals surface area contributed by atoms with E-state index in [9.17, 15) is 4.79 Å². The third-order valence-electron chi connectivity index (χ3n) is 2.47. The summed E-state index contributed by atoms with van der Waals surface area (Å²) in [5.41, 5.74) is 0. The third-order valence-corrected chi connectivity index (χ3v) is 2.47. The van der Waals surface area contributed by atoms with Gasteiger partial charge in [0.2, 0.25) is 0 Å². The van der Waals surface area contributed by atoms with Crippen molar-refractivity contribution < 1.29 is 19.0 Å². The zero-order valence-corrected chi connectivity index (χ0v) is 12.9. The van der Waals surface area contributed by atoms with Crippen molar-refractivity contribution in [3.8, 4) is 0 Å². The second-order valence-electron chi connectivity index (χ2n) is 4.76. The summed E-state index contributed by atoms with van der Waals surface area (Å²) in [5, 5.41) is 3.20. The van der Waals surface area contributed by atoms with Crippen LogP contribution in [0.4, 0.5) is 0 Å². The number of esters is 1. The van der Waals surface area contributed by atoms with E-state index in [2.05, 4.69) is 5.32 Å². The Morgan fingerprint density at radius 3 is 2.37 bits per heavy atom. The van der Waals surface area contributed by atoms with E-state index in [-0.39, 0.29) is 24.2 Å². The van der Waals surface area contributed by atoms with Gasteiger partial charge in [-0.05, 0) is 27.2 Å². The Morgan fingerprint density at radius 2 is 1.84 bits per heavy atom. The topological polar surface area (TPSA) is 56.8 Å². The van der Waals surface area contributed by atoms with Crippen LogP contribution in [0.3, 0.4) is 0 Å². The number of nitrogens with one attached hydrogen (secondary N) is 1. The average molecular weight is 275 g/mol. The minimum absolute atomic E-state index is 0.0434. The maximum atomic E-state index is 11.8. The van der Waals surface area contributed by atoms with Crippen molar-refractivity contribution >= 4 is 5.97 Å². The van der Waals surface area contributed by atoms with Crippen LogP contribution in [-0.2, 0) is 19.0 Å². The van der Waals surface area contributed by atoms with E-state index in [4.69, 9.17) is 14.2 Å². The van der Waals surface area contributed by atoms with Crippen molar-refractivity contribution in [3.63, 3.8) is 0 Å². The van der Waals surface area contributed by atoms with Gasteiger partial charge in [-0.1, -0.05) is 13.8 Å². The van der Waals surface area contributed by atoms with Gasteiger partial charge in [0.05, 0.1) is 19.3 Å². The second-order valence-corrected chi connectivity index (χ2v) is 4.76. The third kappa shape index (κ3) is 9.87. The Balaban J connectivity index is 4.01. The molecule has 2 unspecified atom stereocenters. The summed E-state index contributed by atoms with van der Waals surface area (Å²) < 4.78 is 15.9. The van der Waals surface area contributed by atoms with Gasteiger partial charge < -0.3 is 19.5 Å². The van der Waals surface area contributed by atoms with E-state index in [0.717, 1.165) is 0 Å². The van der Waals surface area contributed by atoms with Gasteiger partial charge in [0.25, 0.3) is 0 Å². The second kappa shape index (κ2) is 11.2. The SMILES string of the molecule is CCOCC(C)OCCC(NC(C)C)C(=O)OCC. The average Bonchev–Trinajstić information content (AvgIpc) is 2.35. The van der Waals surface area contributed by atoms with Crippen LogP contribution in [0, 0.1) is 0 Å². The first-order chi connectivity index (χ1) is 9.01. The fraction of sp³-hybridized carbons (Fsp3) is 0.929. The Morgan fingerprint density at radius 1 is 1.16 bits per heavy atom. The lowest BCUT2D eigenvalue weighted by atomic mass is 10.2. The minimum Gasteiger partial charge on any atom is -0.465 e. The Labute approximate surface area is 117 Å². The molecule has 0 aliphatic carbocycles. The highest BCUT2D eigenvalue weighted by atomic mass is 16.5. The van der Waals surface area contributed by atoms with Crippen LogP contribution in [0.2, 0.25) is 0 Å². The lowest BCUT2D eigenvalue weighted by molar-refractivity contribution is -0.146. The number of rotatable bonds is 11. The molecule has 2 atom stereocenters. The highest BCUT2D eigenvalue weighted by Crippen LogP contribution is 2.01. The molecule has 0 aliphatic rings. The Kier molecular flexibility index (Phi) is 10.8. The summed E-state index contributed by atoms with van der Waals surface area (Å²) in [5.74, 6) is -0.211. The van der Waals surface area contributed by atoms with Crippen molar-refractivity contribution in [2.24, 2.45) is 0 Å². The van der Waals surface area contributed by atoms with Gasteiger partial charge in [-0.15, -0.1) is 0 Å². The molecule has 0 aromatic rings. The monoisotopic (exact) mass is 275 g/mol. The molecule has 0 fully saturated rings. The smallest absolute Gasteiger partial charge is 0.323 e. The largest absolute Gasteiger partial charge is 0.465 e. The highest BCUT2D eigenvalue weighted by Gasteiger charge is 2.20. The molecule has 1 N–H and O–H groups in total. The molecule has 0 amide bonds. The Bertz CT molecular complexity index is 233. The van der Waals surface area contributed by atoms with E-state index < -0.39 is 0 Å². The fourth-order valence-corrected chi connectivity index (χ4v) is 1.63. The molecule has 0 rings (SSSR count). The van der Waals surface area contributed by atoms with Gasteiger partial charge in [-0.2, -0.15) is 0 Å². The molecule has 5 nitrogen and oxygen atoms in total. The van der Waals surface area contributed by atoms with E-state index in [1.54, 1.807) is 0 Å².